The van der Waals surface area contributed by atoms with Crippen LogP contribution in [0.15, 0.2) is 49.1 Å². The van der Waals surface area contributed by atoms with Crippen molar-refractivity contribution in [3.63, 3.8) is 0 Å². The summed E-state index contributed by atoms with van der Waals surface area (Å²) in [4.78, 5) is 30.6. The summed E-state index contributed by atoms with van der Waals surface area (Å²) in [6.45, 7) is 0. The van der Waals surface area contributed by atoms with Gasteiger partial charge in [-0.1, -0.05) is 0 Å². The van der Waals surface area contributed by atoms with Crippen molar-refractivity contribution < 1.29 is 14.3 Å². The fourth-order valence-corrected chi connectivity index (χ4v) is 1.18. The molecule has 2 rings (SSSR count). The highest BCUT2D eigenvalue weighted by molar-refractivity contribution is 6.02. The summed E-state index contributed by atoms with van der Waals surface area (Å²) in [6.07, 6.45) is 5.81. The lowest BCUT2D eigenvalue weighted by molar-refractivity contribution is 0.0397. The Morgan fingerprint density at radius 2 is 1.11 bits per heavy atom. The lowest BCUT2D eigenvalue weighted by atomic mass is 10.2. The van der Waals surface area contributed by atoms with E-state index in [1.165, 1.54) is 49.1 Å². The highest BCUT2D eigenvalue weighted by Crippen LogP contribution is 2.04. The van der Waals surface area contributed by atoms with Gasteiger partial charge < -0.3 is 4.74 Å². The third-order valence-electron chi connectivity index (χ3n) is 2.02. The van der Waals surface area contributed by atoms with Gasteiger partial charge in [0, 0.05) is 24.8 Å². The van der Waals surface area contributed by atoms with Crippen molar-refractivity contribution in [2.45, 2.75) is 0 Å². The first-order valence-corrected chi connectivity index (χ1v) is 4.84. The molecule has 5 nitrogen and oxygen atoms in total. The summed E-state index contributed by atoms with van der Waals surface area (Å²) < 4.78 is 4.69. The molecule has 0 unspecified atom stereocenters. The smallest absolute Gasteiger partial charge is 0.346 e. The molecule has 0 fully saturated rings. The first-order valence-electron chi connectivity index (χ1n) is 4.84. The maximum atomic E-state index is 11.5. The van der Waals surface area contributed by atoms with Gasteiger partial charge in [-0.25, -0.2) is 9.59 Å². The highest BCUT2D eigenvalue weighted by atomic mass is 35.5. The monoisotopic (exact) mass is 264 g/mol. The Morgan fingerprint density at radius 3 is 1.44 bits per heavy atom. The molecule has 0 N–H and O–H groups in total. The van der Waals surface area contributed by atoms with Crippen molar-refractivity contribution in [2.24, 2.45) is 0 Å². The van der Waals surface area contributed by atoms with E-state index in [1.807, 2.05) is 0 Å². The fourth-order valence-electron chi connectivity index (χ4n) is 1.18. The van der Waals surface area contributed by atoms with Gasteiger partial charge in [0.15, 0.2) is 0 Å². The zero-order valence-corrected chi connectivity index (χ0v) is 9.96. The Morgan fingerprint density at radius 1 is 0.778 bits per heavy atom. The van der Waals surface area contributed by atoms with E-state index in [2.05, 4.69) is 14.7 Å². The van der Waals surface area contributed by atoms with Gasteiger partial charge in [0.25, 0.3) is 0 Å². The number of nitrogens with zero attached hydrogens (tertiary/aromatic N) is 2. The van der Waals surface area contributed by atoms with E-state index in [-0.39, 0.29) is 23.5 Å². The summed E-state index contributed by atoms with van der Waals surface area (Å²) in [6, 6.07) is 5.90. The molecule has 0 aliphatic carbocycles. The van der Waals surface area contributed by atoms with Crippen LogP contribution >= 0.6 is 12.4 Å². The molecular formula is C12H9ClN2O3. The predicted molar refractivity (Wildman–Crippen MR) is 65.5 cm³/mol. The van der Waals surface area contributed by atoms with E-state index < -0.39 is 11.9 Å². The van der Waals surface area contributed by atoms with Crippen LogP contribution in [0.3, 0.4) is 0 Å². The minimum atomic E-state index is -0.700. The van der Waals surface area contributed by atoms with E-state index >= 15 is 0 Å². The highest BCUT2D eigenvalue weighted by Gasteiger charge is 2.14. The van der Waals surface area contributed by atoms with Gasteiger partial charge in [0.1, 0.15) is 0 Å². The molecule has 2 aromatic heterocycles. The van der Waals surface area contributed by atoms with Crippen molar-refractivity contribution in [3.8, 4) is 0 Å². The maximum absolute atomic E-state index is 11.5. The van der Waals surface area contributed by atoms with Crippen LogP contribution in [0.4, 0.5) is 0 Å². The Balaban J connectivity index is 0.00000162. The Hall–Kier alpha value is -2.27. The van der Waals surface area contributed by atoms with Crippen molar-refractivity contribution in [2.75, 3.05) is 0 Å². The third kappa shape index (κ3) is 3.36. The number of hydrogen-bond donors (Lipinski definition) is 0. The quantitative estimate of drug-likeness (QED) is 0.612. The summed E-state index contributed by atoms with van der Waals surface area (Å²) in [7, 11) is 0. The number of carbonyl (C=O) groups is 2. The molecule has 6 heteroatoms. The largest absolute Gasteiger partial charge is 0.386 e. The van der Waals surface area contributed by atoms with Crippen molar-refractivity contribution in [3.05, 3.63) is 60.2 Å². The van der Waals surface area contributed by atoms with Crippen LogP contribution < -0.4 is 0 Å². The number of ether oxygens (including phenoxy) is 1. The van der Waals surface area contributed by atoms with Crippen LogP contribution in [0.2, 0.25) is 0 Å². The number of esters is 2. The van der Waals surface area contributed by atoms with Gasteiger partial charge in [-0.3, -0.25) is 9.97 Å². The minimum absolute atomic E-state index is 0. The second kappa shape index (κ2) is 6.46. The van der Waals surface area contributed by atoms with Crippen LogP contribution in [0.5, 0.6) is 0 Å². The van der Waals surface area contributed by atoms with Crippen LogP contribution in [0.1, 0.15) is 20.7 Å². The molecule has 92 valence electrons. The number of halogens is 1. The Kier molecular flexibility index (Phi) is 4.95. The predicted octanol–water partition coefficient (Wildman–Crippen LogP) is 1.90. The molecule has 18 heavy (non-hydrogen) atoms. The Bertz CT molecular complexity index is 482. The van der Waals surface area contributed by atoms with Gasteiger partial charge in [-0.15, -0.1) is 12.4 Å². The average Bonchev–Trinajstić information content (AvgIpc) is 2.40. The number of carbonyl (C=O) groups excluding carboxylic acids is 2. The van der Waals surface area contributed by atoms with Crippen LogP contribution in [-0.4, -0.2) is 21.9 Å². The molecule has 0 radical (unpaired) electrons. The first kappa shape index (κ1) is 13.8. The zero-order valence-electron chi connectivity index (χ0n) is 9.15. The molecule has 0 spiro atoms. The summed E-state index contributed by atoms with van der Waals surface area (Å²) in [5.41, 5.74) is 0.560. The van der Waals surface area contributed by atoms with Gasteiger partial charge in [-0.05, 0) is 24.3 Å². The van der Waals surface area contributed by atoms with E-state index in [0.717, 1.165) is 0 Å². The van der Waals surface area contributed by atoms with E-state index in [0.29, 0.717) is 0 Å². The van der Waals surface area contributed by atoms with Crippen molar-refractivity contribution in [1.29, 1.82) is 0 Å². The second-order valence-corrected chi connectivity index (χ2v) is 3.15. The molecule has 2 heterocycles. The van der Waals surface area contributed by atoms with Crippen LogP contribution in [-0.2, 0) is 4.74 Å². The molecule has 0 atom stereocenters. The van der Waals surface area contributed by atoms with E-state index in [1.54, 1.807) is 0 Å². The zero-order chi connectivity index (χ0) is 12.1. The minimum Gasteiger partial charge on any atom is -0.386 e. The summed E-state index contributed by atoms with van der Waals surface area (Å²) in [5, 5.41) is 0. The maximum Gasteiger partial charge on any atom is 0.346 e. The molecular weight excluding hydrogens is 256 g/mol. The summed E-state index contributed by atoms with van der Waals surface area (Å²) in [5.74, 6) is -1.40. The van der Waals surface area contributed by atoms with Crippen molar-refractivity contribution in [1.82, 2.24) is 9.97 Å². The van der Waals surface area contributed by atoms with Crippen molar-refractivity contribution >= 4 is 24.3 Å². The first-order chi connectivity index (χ1) is 8.27. The van der Waals surface area contributed by atoms with Gasteiger partial charge >= 0.3 is 11.9 Å². The van der Waals surface area contributed by atoms with E-state index in [9.17, 15) is 9.59 Å². The molecule has 0 amide bonds. The SMILES string of the molecule is Cl.O=C(OC(=O)c1ccncc1)c1ccncc1. The normalized spacial score (nSPS) is 9.11. The number of rotatable bonds is 2. The standard InChI is InChI=1S/C12H8N2O3.ClH/c15-11(9-1-5-13-6-2-9)17-12(16)10-3-7-14-8-4-10;/h1-8H;1H. The number of pyridine rings is 2. The molecule has 0 aliphatic heterocycles. The topological polar surface area (TPSA) is 69.2 Å². The Labute approximate surface area is 109 Å². The molecule has 0 bridgehead atoms. The van der Waals surface area contributed by atoms with Gasteiger partial charge in [0.2, 0.25) is 0 Å². The second-order valence-electron chi connectivity index (χ2n) is 3.15. The molecule has 0 saturated carbocycles. The lowest BCUT2D eigenvalue weighted by Gasteiger charge is -2.02. The summed E-state index contributed by atoms with van der Waals surface area (Å²) >= 11 is 0. The average molecular weight is 265 g/mol. The van der Waals surface area contributed by atoms with Gasteiger partial charge in [0.05, 0.1) is 11.1 Å². The fraction of sp³-hybridized carbons (Fsp3) is 0. The number of aromatic nitrogens is 2. The third-order valence-corrected chi connectivity index (χ3v) is 2.02. The molecule has 0 aliphatic rings. The van der Waals surface area contributed by atoms with Crippen LogP contribution in [0.25, 0.3) is 0 Å². The molecule has 2 aromatic rings. The van der Waals surface area contributed by atoms with Crippen LogP contribution in [0, 0.1) is 0 Å². The number of hydrogen-bond acceptors (Lipinski definition) is 5. The lowest BCUT2D eigenvalue weighted by Crippen LogP contribution is -2.12. The van der Waals surface area contributed by atoms with E-state index in [4.69, 9.17) is 0 Å². The van der Waals surface area contributed by atoms with Gasteiger partial charge in [-0.2, -0.15) is 0 Å². The molecule has 0 saturated heterocycles. The molecule has 0 aromatic carbocycles.